The van der Waals surface area contributed by atoms with Crippen molar-refractivity contribution in [2.24, 2.45) is 5.73 Å². The largest absolute Gasteiger partial charge is 0.369 e. The first-order valence-corrected chi connectivity index (χ1v) is 5.69. The Bertz CT molecular complexity index is 612. The molecule has 2 aromatic rings. The number of rotatable bonds is 3. The van der Waals surface area contributed by atoms with Crippen LogP contribution in [0.1, 0.15) is 5.56 Å². The molecular formula is C14H14N4. The highest BCUT2D eigenvalue weighted by Crippen LogP contribution is 2.16. The molecule has 0 spiro atoms. The Hall–Kier alpha value is -2.54. The first-order valence-electron chi connectivity index (χ1n) is 5.69. The summed E-state index contributed by atoms with van der Waals surface area (Å²) in [5, 5.41) is 18.4. The Morgan fingerprint density at radius 2 is 1.94 bits per heavy atom. The summed E-state index contributed by atoms with van der Waals surface area (Å²) in [4.78, 5) is 1.18. The van der Waals surface area contributed by atoms with Crippen LogP contribution in [-0.2, 0) is 6.42 Å². The molecule has 18 heavy (non-hydrogen) atoms. The second-order valence-electron chi connectivity index (χ2n) is 4.07. The number of nitrogens with zero attached hydrogens (tertiary/aromatic N) is 2. The number of nitrogens with one attached hydrogen (secondary N) is 1. The number of hydrogen-bond donors (Lipinski definition) is 2. The number of benzene rings is 2. The molecular weight excluding hydrogens is 224 g/mol. The molecule has 0 aliphatic rings. The lowest BCUT2D eigenvalue weighted by Gasteiger charge is -2.12. The lowest BCUT2D eigenvalue weighted by atomic mass is 10.1. The van der Waals surface area contributed by atoms with Gasteiger partial charge in [-0.05, 0) is 22.8 Å². The van der Waals surface area contributed by atoms with Gasteiger partial charge < -0.3 is 5.73 Å². The molecule has 4 nitrogen and oxygen atoms in total. The van der Waals surface area contributed by atoms with E-state index in [2.05, 4.69) is 24.3 Å². The minimum absolute atomic E-state index is 0.210. The maximum atomic E-state index is 8.80. The first-order chi connectivity index (χ1) is 8.70. The molecule has 0 saturated carbocycles. The van der Waals surface area contributed by atoms with Gasteiger partial charge in [0, 0.05) is 6.54 Å². The Balaban J connectivity index is 2.13. The van der Waals surface area contributed by atoms with Crippen LogP contribution in [0, 0.1) is 16.9 Å². The van der Waals surface area contributed by atoms with Crippen LogP contribution < -0.4 is 5.73 Å². The van der Waals surface area contributed by atoms with E-state index >= 15 is 0 Å². The van der Waals surface area contributed by atoms with Gasteiger partial charge in [0.05, 0.1) is 0 Å². The van der Waals surface area contributed by atoms with Gasteiger partial charge in [-0.1, -0.05) is 42.5 Å². The molecule has 0 radical (unpaired) electrons. The highest BCUT2D eigenvalue weighted by molar-refractivity contribution is 5.83. The average Bonchev–Trinajstić information content (AvgIpc) is 2.39. The van der Waals surface area contributed by atoms with Crippen molar-refractivity contribution >= 4 is 16.7 Å². The molecule has 0 amide bonds. The summed E-state index contributed by atoms with van der Waals surface area (Å²) < 4.78 is 0. The lowest BCUT2D eigenvalue weighted by Crippen LogP contribution is -2.33. The van der Waals surface area contributed by atoms with Gasteiger partial charge in [-0.15, -0.1) is 0 Å². The summed E-state index contributed by atoms with van der Waals surface area (Å²) in [7, 11) is 0. The zero-order chi connectivity index (χ0) is 13.0. The molecule has 0 unspecified atom stereocenters. The monoisotopic (exact) mass is 238 g/mol. The molecule has 0 bridgehead atoms. The summed E-state index contributed by atoms with van der Waals surface area (Å²) in [6, 6.07) is 14.3. The minimum atomic E-state index is -0.210. The van der Waals surface area contributed by atoms with E-state index < -0.39 is 0 Å². The third-order valence-electron chi connectivity index (χ3n) is 2.85. The third kappa shape index (κ3) is 2.58. The van der Waals surface area contributed by atoms with E-state index in [9.17, 15) is 0 Å². The quantitative estimate of drug-likeness (QED) is 0.372. The Kier molecular flexibility index (Phi) is 3.44. The molecule has 0 aliphatic heterocycles. The topological polar surface area (TPSA) is 76.9 Å². The van der Waals surface area contributed by atoms with Crippen LogP contribution in [0.5, 0.6) is 0 Å². The van der Waals surface area contributed by atoms with Gasteiger partial charge in [0.25, 0.3) is 0 Å². The minimum Gasteiger partial charge on any atom is -0.369 e. The van der Waals surface area contributed by atoms with Gasteiger partial charge in [0.15, 0.2) is 6.19 Å². The van der Waals surface area contributed by atoms with Crippen LogP contribution in [0.2, 0.25) is 0 Å². The van der Waals surface area contributed by atoms with E-state index in [4.69, 9.17) is 16.4 Å². The first kappa shape index (κ1) is 11.9. The van der Waals surface area contributed by atoms with E-state index in [1.54, 1.807) is 0 Å². The normalized spacial score (nSPS) is 9.94. The molecule has 0 aromatic heterocycles. The highest BCUT2D eigenvalue weighted by Gasteiger charge is 2.05. The lowest BCUT2D eigenvalue weighted by molar-refractivity contribution is 0.565. The van der Waals surface area contributed by atoms with E-state index in [-0.39, 0.29) is 5.96 Å². The number of fused-ring (bicyclic) bond motifs is 1. The van der Waals surface area contributed by atoms with Crippen molar-refractivity contribution in [3.63, 3.8) is 0 Å². The molecule has 90 valence electrons. The molecule has 0 aliphatic carbocycles. The fraction of sp³-hybridized carbons (Fsp3) is 0.143. The predicted molar refractivity (Wildman–Crippen MR) is 71.9 cm³/mol. The maximum Gasteiger partial charge on any atom is 0.201 e. The second kappa shape index (κ2) is 5.19. The summed E-state index contributed by atoms with van der Waals surface area (Å²) in [5.41, 5.74) is 6.42. The van der Waals surface area contributed by atoms with E-state index in [1.165, 1.54) is 15.7 Å². The van der Waals surface area contributed by atoms with Crippen molar-refractivity contribution in [1.82, 2.24) is 4.90 Å². The van der Waals surface area contributed by atoms with Crippen molar-refractivity contribution in [2.45, 2.75) is 6.42 Å². The Labute approximate surface area is 106 Å². The zero-order valence-corrected chi connectivity index (χ0v) is 9.93. The summed E-state index contributed by atoms with van der Waals surface area (Å²) >= 11 is 0. The smallest absolute Gasteiger partial charge is 0.201 e. The van der Waals surface area contributed by atoms with E-state index in [0.717, 1.165) is 5.56 Å². The van der Waals surface area contributed by atoms with Crippen LogP contribution in [0.3, 0.4) is 0 Å². The molecule has 0 atom stereocenters. The third-order valence-corrected chi connectivity index (χ3v) is 2.85. The zero-order valence-electron chi connectivity index (χ0n) is 9.93. The number of nitriles is 1. The number of guanidine groups is 1. The molecule has 4 heteroatoms. The summed E-state index contributed by atoms with van der Waals surface area (Å²) in [6.45, 7) is 0.435. The van der Waals surface area contributed by atoms with Crippen LogP contribution in [-0.4, -0.2) is 17.4 Å². The number of nitrogens with two attached hydrogens (primary N) is 1. The van der Waals surface area contributed by atoms with Crippen LogP contribution >= 0.6 is 0 Å². The van der Waals surface area contributed by atoms with Gasteiger partial charge >= 0.3 is 0 Å². The van der Waals surface area contributed by atoms with Crippen molar-refractivity contribution < 1.29 is 0 Å². The standard InChI is InChI=1S/C14H14N4/c15-10-18(14(16)17)8-7-11-5-6-12-3-1-2-4-13(12)9-11/h1-6,9H,7-8H2,(H3,16,17). The van der Waals surface area contributed by atoms with Crippen molar-refractivity contribution in [3.05, 3.63) is 48.0 Å². The van der Waals surface area contributed by atoms with Crippen molar-refractivity contribution in [2.75, 3.05) is 6.54 Å². The van der Waals surface area contributed by atoms with Gasteiger partial charge in [-0.2, -0.15) is 5.26 Å². The Morgan fingerprint density at radius 1 is 1.22 bits per heavy atom. The van der Waals surface area contributed by atoms with E-state index in [1.807, 2.05) is 24.4 Å². The molecule has 3 N–H and O–H groups in total. The highest BCUT2D eigenvalue weighted by atomic mass is 15.2. The number of hydrogen-bond acceptors (Lipinski definition) is 2. The van der Waals surface area contributed by atoms with Gasteiger partial charge in [0.1, 0.15) is 0 Å². The summed E-state index contributed by atoms with van der Waals surface area (Å²) in [5.74, 6) is -0.210. The second-order valence-corrected chi connectivity index (χ2v) is 4.07. The maximum absolute atomic E-state index is 8.80. The molecule has 0 heterocycles. The SMILES string of the molecule is N#CN(CCc1ccc2ccccc2c1)C(=N)N. The van der Waals surface area contributed by atoms with Gasteiger partial charge in [-0.3, -0.25) is 5.41 Å². The molecule has 2 rings (SSSR count). The summed E-state index contributed by atoms with van der Waals surface area (Å²) in [6.07, 6.45) is 2.59. The fourth-order valence-corrected chi connectivity index (χ4v) is 1.86. The van der Waals surface area contributed by atoms with Crippen molar-refractivity contribution in [1.29, 1.82) is 10.7 Å². The van der Waals surface area contributed by atoms with Gasteiger partial charge in [0.2, 0.25) is 5.96 Å². The Morgan fingerprint density at radius 3 is 2.61 bits per heavy atom. The van der Waals surface area contributed by atoms with Gasteiger partial charge in [-0.25, -0.2) is 4.90 Å². The molecule has 2 aromatic carbocycles. The van der Waals surface area contributed by atoms with Crippen LogP contribution in [0.25, 0.3) is 10.8 Å². The van der Waals surface area contributed by atoms with Crippen LogP contribution in [0.15, 0.2) is 42.5 Å². The average molecular weight is 238 g/mol. The molecule has 0 fully saturated rings. The molecule has 0 saturated heterocycles. The van der Waals surface area contributed by atoms with Crippen LogP contribution in [0.4, 0.5) is 0 Å². The van der Waals surface area contributed by atoms with E-state index in [0.29, 0.717) is 13.0 Å². The van der Waals surface area contributed by atoms with Crippen molar-refractivity contribution in [3.8, 4) is 6.19 Å². The fourth-order valence-electron chi connectivity index (χ4n) is 1.86. The predicted octanol–water partition coefficient (Wildman–Crippen LogP) is 2.06.